The molecular weight excluding hydrogens is 259 g/mol. The van der Waals surface area contributed by atoms with Crippen LogP contribution < -0.4 is 5.73 Å². The number of carbonyl (C=O) groups is 1. The van der Waals surface area contributed by atoms with Crippen molar-refractivity contribution in [3.8, 4) is 0 Å². The number of ether oxygens (including phenoxy) is 1. The first-order chi connectivity index (χ1) is 9.26. The molecule has 4 nitrogen and oxygen atoms in total. The minimum atomic E-state index is -0.506. The van der Waals surface area contributed by atoms with Gasteiger partial charge in [-0.3, -0.25) is 0 Å². The smallest absolute Gasteiger partial charge is 0.410 e. The van der Waals surface area contributed by atoms with Crippen molar-refractivity contribution in [1.29, 1.82) is 0 Å². The number of hydrogen-bond donors (Lipinski definition) is 1. The average molecular weight is 280 g/mol. The lowest BCUT2D eigenvalue weighted by atomic mass is 9.74. The molecule has 1 aromatic rings. The normalized spacial score (nSPS) is 17.6. The fourth-order valence-electron chi connectivity index (χ4n) is 2.37. The molecule has 0 atom stereocenters. The van der Waals surface area contributed by atoms with Crippen LogP contribution in [0.5, 0.6) is 0 Å². The van der Waals surface area contributed by atoms with Crippen molar-refractivity contribution < 1.29 is 13.9 Å². The van der Waals surface area contributed by atoms with E-state index in [1.54, 1.807) is 17.0 Å². The van der Waals surface area contributed by atoms with Crippen LogP contribution in [0.3, 0.4) is 0 Å². The van der Waals surface area contributed by atoms with Gasteiger partial charge in [-0.2, -0.15) is 0 Å². The zero-order valence-electron chi connectivity index (χ0n) is 12.1. The number of likely N-dealkylation sites (tertiary alicyclic amines) is 1. The van der Waals surface area contributed by atoms with E-state index in [1.165, 1.54) is 12.1 Å². The second-order valence-corrected chi connectivity index (χ2v) is 6.33. The van der Waals surface area contributed by atoms with Crippen LogP contribution in [0.4, 0.5) is 9.18 Å². The number of benzene rings is 1. The van der Waals surface area contributed by atoms with Crippen molar-refractivity contribution in [1.82, 2.24) is 4.90 Å². The monoisotopic (exact) mass is 280 g/mol. The van der Waals surface area contributed by atoms with Gasteiger partial charge in [0.15, 0.2) is 0 Å². The number of rotatable bonds is 2. The summed E-state index contributed by atoms with van der Waals surface area (Å²) in [5, 5.41) is 0. The standard InChI is InChI=1S/C15H21FN2O2/c1-14(2,3)20-13(19)18-9-15(8-17,10-18)11-4-6-12(16)7-5-11/h4-7H,8-10,17H2,1-3H3. The maximum Gasteiger partial charge on any atom is 0.410 e. The predicted octanol–water partition coefficient (Wildman–Crippen LogP) is 2.27. The highest BCUT2D eigenvalue weighted by Crippen LogP contribution is 2.34. The van der Waals surface area contributed by atoms with Crippen LogP contribution in [-0.4, -0.2) is 36.2 Å². The van der Waals surface area contributed by atoms with Crippen LogP contribution in [0, 0.1) is 5.82 Å². The third-order valence-electron chi connectivity index (χ3n) is 3.49. The van der Waals surface area contributed by atoms with E-state index in [4.69, 9.17) is 10.5 Å². The van der Waals surface area contributed by atoms with Crippen LogP contribution in [0.2, 0.25) is 0 Å². The quantitative estimate of drug-likeness (QED) is 0.904. The van der Waals surface area contributed by atoms with E-state index in [-0.39, 0.29) is 17.3 Å². The molecule has 0 saturated carbocycles. The maximum atomic E-state index is 13.0. The lowest BCUT2D eigenvalue weighted by molar-refractivity contribution is -0.00826. The number of carbonyl (C=O) groups excluding carboxylic acids is 1. The van der Waals surface area contributed by atoms with Crippen molar-refractivity contribution in [2.75, 3.05) is 19.6 Å². The van der Waals surface area contributed by atoms with Crippen LogP contribution in [-0.2, 0) is 10.2 Å². The number of hydrogen-bond acceptors (Lipinski definition) is 3. The lowest BCUT2D eigenvalue weighted by Crippen LogP contribution is -2.64. The van der Waals surface area contributed by atoms with E-state index in [1.807, 2.05) is 20.8 Å². The molecular formula is C15H21FN2O2. The van der Waals surface area contributed by atoms with Gasteiger partial charge in [-0.1, -0.05) is 12.1 Å². The summed E-state index contributed by atoms with van der Waals surface area (Å²) in [6.45, 7) is 6.93. The maximum absolute atomic E-state index is 13.0. The Labute approximate surface area is 118 Å². The molecule has 2 rings (SSSR count). The van der Waals surface area contributed by atoms with Gasteiger partial charge in [-0.15, -0.1) is 0 Å². The fourth-order valence-corrected chi connectivity index (χ4v) is 2.37. The van der Waals surface area contributed by atoms with Gasteiger partial charge in [-0.25, -0.2) is 9.18 Å². The first kappa shape index (κ1) is 14.8. The summed E-state index contributed by atoms with van der Waals surface area (Å²) >= 11 is 0. The number of nitrogens with two attached hydrogens (primary N) is 1. The Morgan fingerprint density at radius 2 is 1.90 bits per heavy atom. The number of nitrogens with zero attached hydrogens (tertiary/aromatic N) is 1. The van der Waals surface area contributed by atoms with Crippen LogP contribution in [0.1, 0.15) is 26.3 Å². The summed E-state index contributed by atoms with van der Waals surface area (Å²) in [5.74, 6) is -0.274. The summed E-state index contributed by atoms with van der Waals surface area (Å²) in [7, 11) is 0. The molecule has 1 aliphatic heterocycles. The Kier molecular flexibility index (Phi) is 3.73. The van der Waals surface area contributed by atoms with Crippen molar-refractivity contribution in [3.63, 3.8) is 0 Å². The van der Waals surface area contributed by atoms with Gasteiger partial charge < -0.3 is 15.4 Å². The van der Waals surface area contributed by atoms with Crippen molar-refractivity contribution in [2.45, 2.75) is 31.8 Å². The van der Waals surface area contributed by atoms with Crippen molar-refractivity contribution >= 4 is 6.09 Å². The molecule has 0 aliphatic carbocycles. The van der Waals surface area contributed by atoms with E-state index in [0.717, 1.165) is 5.56 Å². The minimum absolute atomic E-state index is 0.274. The largest absolute Gasteiger partial charge is 0.444 e. The van der Waals surface area contributed by atoms with E-state index >= 15 is 0 Å². The average Bonchev–Trinajstić information content (AvgIpc) is 2.28. The third-order valence-corrected chi connectivity index (χ3v) is 3.49. The zero-order valence-corrected chi connectivity index (χ0v) is 12.1. The molecule has 1 fully saturated rings. The van der Waals surface area contributed by atoms with Gasteiger partial charge in [0, 0.05) is 25.0 Å². The van der Waals surface area contributed by atoms with Gasteiger partial charge in [0.2, 0.25) is 0 Å². The molecule has 20 heavy (non-hydrogen) atoms. The molecule has 0 bridgehead atoms. The molecule has 0 unspecified atom stereocenters. The molecule has 2 N–H and O–H groups in total. The second kappa shape index (κ2) is 5.05. The van der Waals surface area contributed by atoms with E-state index in [2.05, 4.69) is 0 Å². The van der Waals surface area contributed by atoms with Crippen LogP contribution >= 0.6 is 0 Å². The zero-order chi connectivity index (χ0) is 15.0. The summed E-state index contributed by atoms with van der Waals surface area (Å²) < 4.78 is 18.3. The van der Waals surface area contributed by atoms with Gasteiger partial charge in [0.25, 0.3) is 0 Å². The molecule has 0 spiro atoms. The van der Waals surface area contributed by atoms with E-state index in [0.29, 0.717) is 19.6 Å². The van der Waals surface area contributed by atoms with Crippen LogP contribution in [0.25, 0.3) is 0 Å². The lowest BCUT2D eigenvalue weighted by Gasteiger charge is -2.49. The Hall–Kier alpha value is -1.62. The van der Waals surface area contributed by atoms with E-state index < -0.39 is 5.60 Å². The highest BCUT2D eigenvalue weighted by Gasteiger charge is 2.46. The molecule has 110 valence electrons. The molecule has 1 aliphatic rings. The molecule has 0 aromatic heterocycles. The molecule has 1 amide bonds. The molecule has 1 heterocycles. The number of halogens is 1. The van der Waals surface area contributed by atoms with Crippen molar-refractivity contribution in [3.05, 3.63) is 35.6 Å². The highest BCUT2D eigenvalue weighted by atomic mass is 19.1. The summed E-state index contributed by atoms with van der Waals surface area (Å²) in [4.78, 5) is 13.6. The fraction of sp³-hybridized carbons (Fsp3) is 0.533. The summed E-state index contributed by atoms with van der Waals surface area (Å²) in [6.07, 6.45) is -0.330. The Morgan fingerprint density at radius 3 is 2.35 bits per heavy atom. The topological polar surface area (TPSA) is 55.6 Å². The number of amides is 1. The minimum Gasteiger partial charge on any atom is -0.444 e. The predicted molar refractivity (Wildman–Crippen MR) is 74.9 cm³/mol. The summed E-state index contributed by atoms with van der Waals surface area (Å²) in [6, 6.07) is 6.30. The van der Waals surface area contributed by atoms with Crippen molar-refractivity contribution in [2.24, 2.45) is 5.73 Å². The van der Waals surface area contributed by atoms with Gasteiger partial charge in [0.1, 0.15) is 11.4 Å². The SMILES string of the molecule is CC(C)(C)OC(=O)N1CC(CN)(c2ccc(F)cc2)C1. The second-order valence-electron chi connectivity index (χ2n) is 6.33. The van der Waals surface area contributed by atoms with Gasteiger partial charge >= 0.3 is 6.09 Å². The Morgan fingerprint density at radius 1 is 1.35 bits per heavy atom. The van der Waals surface area contributed by atoms with Gasteiger partial charge in [0.05, 0.1) is 0 Å². The molecule has 0 radical (unpaired) electrons. The molecule has 1 saturated heterocycles. The van der Waals surface area contributed by atoms with Gasteiger partial charge in [-0.05, 0) is 38.5 Å². The molecule has 1 aromatic carbocycles. The Balaban J connectivity index is 2.04. The van der Waals surface area contributed by atoms with Crippen LogP contribution in [0.15, 0.2) is 24.3 Å². The Bertz CT molecular complexity index is 488. The van der Waals surface area contributed by atoms with E-state index in [9.17, 15) is 9.18 Å². The highest BCUT2D eigenvalue weighted by molar-refractivity contribution is 5.70. The molecule has 5 heteroatoms. The summed E-state index contributed by atoms with van der Waals surface area (Å²) in [5.41, 5.74) is 6.02. The third kappa shape index (κ3) is 2.93. The first-order valence-corrected chi connectivity index (χ1v) is 6.70. The first-order valence-electron chi connectivity index (χ1n) is 6.70.